The van der Waals surface area contributed by atoms with Crippen LogP contribution < -0.4 is 16.2 Å². The summed E-state index contributed by atoms with van der Waals surface area (Å²) in [6.07, 6.45) is 12.2. The van der Waals surface area contributed by atoms with E-state index in [0.29, 0.717) is 86.9 Å². The smallest absolute Gasteiger partial charge is 0.270 e. The molecule has 58 heavy (non-hydrogen) atoms. The minimum atomic E-state index is -0.482. The zero-order valence-electron chi connectivity index (χ0n) is 33.5. The van der Waals surface area contributed by atoms with Crippen LogP contribution in [0, 0.1) is 17.2 Å². The van der Waals surface area contributed by atoms with Gasteiger partial charge >= 0.3 is 0 Å². The van der Waals surface area contributed by atoms with E-state index in [-0.39, 0.29) is 23.3 Å². The van der Waals surface area contributed by atoms with Crippen molar-refractivity contribution in [2.24, 2.45) is 5.92 Å². The number of aromatic nitrogens is 2. The fraction of sp³-hybridized carbons (Fsp3) is 0.457. The summed E-state index contributed by atoms with van der Waals surface area (Å²) in [5.41, 5.74) is 4.13. The van der Waals surface area contributed by atoms with Crippen LogP contribution in [-0.2, 0) is 24.8 Å². The number of benzene rings is 3. The Balaban J connectivity index is 0.893. The Bertz CT molecular complexity index is 1920. The van der Waals surface area contributed by atoms with Gasteiger partial charge in [-0.05, 0) is 54.5 Å². The molecule has 0 aliphatic heterocycles. The Hall–Kier alpha value is -4.80. The van der Waals surface area contributed by atoms with E-state index in [9.17, 15) is 19.6 Å². The van der Waals surface area contributed by atoms with E-state index in [4.69, 9.17) is 14.2 Å². The van der Waals surface area contributed by atoms with Crippen LogP contribution in [0.15, 0.2) is 88.8 Å². The molecule has 1 aromatic heterocycles. The first-order valence-electron chi connectivity index (χ1n) is 20.7. The van der Waals surface area contributed by atoms with Crippen molar-refractivity contribution in [2.45, 2.75) is 81.5 Å². The van der Waals surface area contributed by atoms with Crippen LogP contribution in [0.2, 0.25) is 0 Å². The molecular formula is C46H57N5O6S. The summed E-state index contributed by atoms with van der Waals surface area (Å²) < 4.78 is 16.9. The van der Waals surface area contributed by atoms with Crippen molar-refractivity contribution in [1.29, 1.82) is 5.26 Å². The molecule has 3 aromatic carbocycles. The van der Waals surface area contributed by atoms with Gasteiger partial charge in [-0.3, -0.25) is 14.4 Å². The molecule has 1 aliphatic carbocycles. The Morgan fingerprint density at radius 3 is 1.88 bits per heavy atom. The summed E-state index contributed by atoms with van der Waals surface area (Å²) in [6.45, 7) is 4.17. The van der Waals surface area contributed by atoms with Gasteiger partial charge in [0.05, 0.1) is 32.1 Å². The van der Waals surface area contributed by atoms with Gasteiger partial charge < -0.3 is 29.8 Å². The minimum Gasteiger partial charge on any atom is -0.379 e. The van der Waals surface area contributed by atoms with Crippen LogP contribution >= 0.6 is 11.8 Å². The number of ether oxygens (including phenoxy) is 3. The number of nitrogens with zero attached hydrogens (tertiary/aromatic N) is 2. The Morgan fingerprint density at radius 2 is 1.26 bits per heavy atom. The van der Waals surface area contributed by atoms with E-state index in [1.165, 1.54) is 43.9 Å². The summed E-state index contributed by atoms with van der Waals surface area (Å²) in [5.74, 6) is 0.726. The Labute approximate surface area is 346 Å². The highest BCUT2D eigenvalue weighted by molar-refractivity contribution is 7.98. The predicted octanol–water partition coefficient (Wildman–Crippen LogP) is 8.08. The average molecular weight is 808 g/mol. The molecular weight excluding hydrogens is 751 g/mol. The molecule has 3 N–H and O–H groups in total. The standard InChI is InChI=1S/C46H57N5O6S/c47-33-41-42(38-23-21-37(22-24-38)36-13-9-6-10-14-36)50-46(51-45(41)54)58-34-35-17-19-40(20-18-35)44(53)49-26-12-28-56-30-32-57-31-29-55-27-11-25-48-43(52)39-15-7-4-2-1-3-5-8-16-39/h6,9-10,13-14,17-24,39H,1-5,7-8,11-12,15-16,25-32,34H2,(H,48,52)(H,49,53)(H,50,51,54). The topological polar surface area (TPSA) is 155 Å². The van der Waals surface area contributed by atoms with E-state index in [2.05, 4.69) is 20.6 Å². The number of hydrogen-bond acceptors (Lipinski definition) is 9. The quantitative estimate of drug-likeness (QED) is 0.0431. The van der Waals surface area contributed by atoms with Gasteiger partial charge in [0.15, 0.2) is 5.16 Å². The third-order valence-electron chi connectivity index (χ3n) is 10.1. The highest BCUT2D eigenvalue weighted by Gasteiger charge is 2.18. The average Bonchev–Trinajstić information content (AvgIpc) is 3.26. The zero-order chi connectivity index (χ0) is 40.6. The van der Waals surface area contributed by atoms with Gasteiger partial charge in [-0.15, -0.1) is 0 Å². The van der Waals surface area contributed by atoms with E-state index in [0.717, 1.165) is 48.8 Å². The number of nitrogens with one attached hydrogen (secondary N) is 3. The van der Waals surface area contributed by atoms with Crippen LogP contribution in [-0.4, -0.2) is 74.5 Å². The van der Waals surface area contributed by atoms with Crippen LogP contribution in [0.3, 0.4) is 0 Å². The van der Waals surface area contributed by atoms with E-state index < -0.39 is 5.56 Å². The highest BCUT2D eigenvalue weighted by Crippen LogP contribution is 2.27. The zero-order valence-corrected chi connectivity index (χ0v) is 34.3. The van der Waals surface area contributed by atoms with Crippen LogP contribution in [0.1, 0.15) is 92.1 Å². The summed E-state index contributed by atoms with van der Waals surface area (Å²) in [5, 5.41) is 16.1. The third-order valence-corrected chi connectivity index (χ3v) is 11.0. The minimum absolute atomic E-state index is 0.0270. The van der Waals surface area contributed by atoms with Crippen molar-refractivity contribution in [2.75, 3.05) is 52.7 Å². The van der Waals surface area contributed by atoms with Crippen molar-refractivity contribution >= 4 is 23.6 Å². The summed E-state index contributed by atoms with van der Waals surface area (Å²) >= 11 is 1.35. The van der Waals surface area contributed by atoms with E-state index >= 15 is 0 Å². The maximum absolute atomic E-state index is 12.8. The first-order valence-corrected chi connectivity index (χ1v) is 21.7. The maximum Gasteiger partial charge on any atom is 0.270 e. The van der Waals surface area contributed by atoms with Crippen molar-refractivity contribution in [3.63, 3.8) is 0 Å². The lowest BCUT2D eigenvalue weighted by Gasteiger charge is -2.18. The third kappa shape index (κ3) is 15.2. The highest BCUT2D eigenvalue weighted by atomic mass is 32.2. The summed E-state index contributed by atoms with van der Waals surface area (Å²) in [4.78, 5) is 45.4. The molecule has 1 aliphatic rings. The Kier molecular flexibility index (Phi) is 19.5. The molecule has 1 saturated carbocycles. The molecule has 0 saturated heterocycles. The molecule has 0 radical (unpaired) electrons. The fourth-order valence-electron chi connectivity index (χ4n) is 6.81. The number of H-pyrrole nitrogens is 1. The van der Waals surface area contributed by atoms with Gasteiger partial charge in [-0.2, -0.15) is 5.26 Å². The lowest BCUT2D eigenvalue weighted by molar-refractivity contribution is -0.125. The molecule has 1 heterocycles. The number of nitriles is 1. The molecule has 308 valence electrons. The Morgan fingerprint density at radius 1 is 0.707 bits per heavy atom. The SMILES string of the molecule is N#Cc1c(-c2ccc(-c3ccccc3)cc2)nc(SCc2ccc(C(=O)NCCCOCCOCCOCCCNC(=O)C3CCCCCCCCC3)cc2)[nH]c1=O. The molecule has 11 nitrogen and oxygen atoms in total. The van der Waals surface area contributed by atoms with Gasteiger partial charge in [0.1, 0.15) is 11.6 Å². The number of rotatable bonds is 21. The summed E-state index contributed by atoms with van der Waals surface area (Å²) in [6, 6.07) is 26.9. The van der Waals surface area contributed by atoms with Crippen molar-refractivity contribution < 1.29 is 23.8 Å². The lowest BCUT2D eigenvalue weighted by atomic mass is 9.91. The molecule has 4 aromatic rings. The van der Waals surface area contributed by atoms with Crippen molar-refractivity contribution in [3.05, 3.63) is 106 Å². The number of carbonyl (C=O) groups is 2. The van der Waals surface area contributed by atoms with Crippen LogP contribution in [0.4, 0.5) is 0 Å². The van der Waals surface area contributed by atoms with Gasteiger partial charge in [-0.25, -0.2) is 4.98 Å². The molecule has 0 unspecified atom stereocenters. The number of carbonyl (C=O) groups excluding carboxylic acids is 2. The largest absolute Gasteiger partial charge is 0.379 e. The molecule has 12 heteroatoms. The van der Waals surface area contributed by atoms with E-state index in [1.54, 1.807) is 12.1 Å². The molecule has 1 fully saturated rings. The number of aromatic amines is 1. The second-order valence-electron chi connectivity index (χ2n) is 14.5. The van der Waals surface area contributed by atoms with Gasteiger partial charge in [0.2, 0.25) is 5.91 Å². The molecule has 0 bridgehead atoms. The van der Waals surface area contributed by atoms with Gasteiger partial charge in [0.25, 0.3) is 11.5 Å². The molecule has 0 atom stereocenters. The fourth-order valence-corrected chi connectivity index (χ4v) is 7.63. The maximum atomic E-state index is 12.8. The van der Waals surface area contributed by atoms with Gasteiger partial charge in [0, 0.05) is 49.1 Å². The van der Waals surface area contributed by atoms with Gasteiger partial charge in [-0.1, -0.05) is 123 Å². The van der Waals surface area contributed by atoms with Crippen molar-refractivity contribution in [1.82, 2.24) is 20.6 Å². The van der Waals surface area contributed by atoms with Crippen LogP contribution in [0.25, 0.3) is 22.4 Å². The second kappa shape index (κ2) is 25.5. The van der Waals surface area contributed by atoms with Crippen LogP contribution in [0.5, 0.6) is 0 Å². The second-order valence-corrected chi connectivity index (χ2v) is 15.4. The molecule has 5 rings (SSSR count). The normalized spacial score (nSPS) is 13.7. The monoisotopic (exact) mass is 807 g/mol. The molecule has 0 spiro atoms. The van der Waals surface area contributed by atoms with E-state index in [1.807, 2.05) is 72.8 Å². The first-order chi connectivity index (χ1) is 28.5. The lowest BCUT2D eigenvalue weighted by Crippen LogP contribution is -2.32. The summed E-state index contributed by atoms with van der Waals surface area (Å²) in [7, 11) is 0. The number of hydrogen-bond donors (Lipinski definition) is 3. The molecule has 2 amide bonds. The number of amides is 2. The number of thioether (sulfide) groups is 1. The van der Waals surface area contributed by atoms with Crippen molar-refractivity contribution in [3.8, 4) is 28.5 Å². The first kappa shape index (κ1) is 44.3. The predicted molar refractivity (Wildman–Crippen MR) is 229 cm³/mol.